The first kappa shape index (κ1) is 24.5. The Labute approximate surface area is 196 Å². The molecule has 6 heteroatoms. The summed E-state index contributed by atoms with van der Waals surface area (Å²) in [6, 6.07) is 11.8. The lowest BCUT2D eigenvalue weighted by Crippen LogP contribution is -2.34. The average molecular weight is 451 g/mol. The molecule has 1 aliphatic heterocycles. The molecule has 2 aromatic carbocycles. The van der Waals surface area contributed by atoms with Crippen LogP contribution < -0.4 is 10.6 Å². The van der Waals surface area contributed by atoms with Crippen molar-refractivity contribution in [1.29, 1.82) is 0 Å². The van der Waals surface area contributed by atoms with Gasteiger partial charge >= 0.3 is 5.97 Å². The van der Waals surface area contributed by atoms with Crippen LogP contribution in [-0.4, -0.2) is 30.1 Å². The van der Waals surface area contributed by atoms with E-state index in [1.54, 1.807) is 13.0 Å². The fourth-order valence-electron chi connectivity index (χ4n) is 3.81. The van der Waals surface area contributed by atoms with Crippen molar-refractivity contribution in [2.24, 2.45) is 0 Å². The number of amides is 1. The van der Waals surface area contributed by atoms with E-state index in [1.807, 2.05) is 45.9 Å². The zero-order chi connectivity index (χ0) is 24.3. The highest BCUT2D eigenvalue weighted by Crippen LogP contribution is 2.34. The lowest BCUT2D eigenvalue weighted by molar-refractivity contribution is -0.160. The quantitative estimate of drug-likeness (QED) is 0.628. The second-order valence-electron chi connectivity index (χ2n) is 9.38. The van der Waals surface area contributed by atoms with Crippen molar-refractivity contribution in [2.75, 3.05) is 6.54 Å². The van der Waals surface area contributed by atoms with Gasteiger partial charge in [0.05, 0.1) is 5.60 Å². The molecule has 6 nitrogen and oxygen atoms in total. The van der Waals surface area contributed by atoms with E-state index >= 15 is 0 Å². The minimum Gasteiger partial charge on any atom is -0.407 e. The number of fused-ring (bicyclic) bond motifs is 1. The van der Waals surface area contributed by atoms with Crippen LogP contribution in [0, 0.1) is 13.8 Å². The molecule has 3 rings (SSSR count). The first-order valence-corrected chi connectivity index (χ1v) is 11.4. The second kappa shape index (κ2) is 9.79. The van der Waals surface area contributed by atoms with Crippen LogP contribution in [0.15, 0.2) is 42.3 Å². The second-order valence-corrected chi connectivity index (χ2v) is 9.38. The van der Waals surface area contributed by atoms with Crippen molar-refractivity contribution in [3.05, 3.63) is 75.7 Å². The molecular weight excluding hydrogens is 416 g/mol. The molecule has 0 fully saturated rings. The summed E-state index contributed by atoms with van der Waals surface area (Å²) >= 11 is 0. The minimum atomic E-state index is -0.721. The third-order valence-electron chi connectivity index (χ3n) is 5.50. The van der Waals surface area contributed by atoms with Gasteiger partial charge < -0.3 is 20.1 Å². The molecule has 0 saturated heterocycles. The Morgan fingerprint density at radius 2 is 1.82 bits per heavy atom. The fraction of sp³-hybridized carbons (Fsp3) is 0.407. The van der Waals surface area contributed by atoms with Gasteiger partial charge in [0.25, 0.3) is 5.91 Å². The Kier molecular flexibility index (Phi) is 7.28. The minimum absolute atomic E-state index is 0.109. The molecule has 33 heavy (non-hydrogen) atoms. The van der Waals surface area contributed by atoms with Crippen LogP contribution in [0.25, 0.3) is 5.57 Å². The zero-order valence-electron chi connectivity index (χ0n) is 20.6. The van der Waals surface area contributed by atoms with Gasteiger partial charge in [-0.15, -0.1) is 0 Å². The van der Waals surface area contributed by atoms with E-state index < -0.39 is 17.7 Å². The van der Waals surface area contributed by atoms with E-state index in [0.29, 0.717) is 24.5 Å². The van der Waals surface area contributed by atoms with Gasteiger partial charge in [0.2, 0.25) is 5.88 Å². The number of hydrogen-bond acceptors (Lipinski definition) is 5. The Balaban J connectivity index is 2.06. The number of esters is 1. The Morgan fingerprint density at radius 1 is 1.09 bits per heavy atom. The summed E-state index contributed by atoms with van der Waals surface area (Å²) in [6.45, 7) is 14.4. The molecule has 0 spiro atoms. The van der Waals surface area contributed by atoms with Crippen LogP contribution in [0.2, 0.25) is 0 Å². The maximum absolute atomic E-state index is 12.8. The lowest BCUT2D eigenvalue weighted by atomic mass is 9.89. The number of carbonyl (C=O) groups excluding carboxylic acids is 2. The zero-order valence-corrected chi connectivity index (χ0v) is 20.6. The molecule has 2 aromatic rings. The first-order valence-electron chi connectivity index (χ1n) is 11.4. The summed E-state index contributed by atoms with van der Waals surface area (Å²) in [4.78, 5) is 25.2. The van der Waals surface area contributed by atoms with E-state index in [9.17, 15) is 9.59 Å². The predicted molar refractivity (Wildman–Crippen MR) is 130 cm³/mol. The van der Waals surface area contributed by atoms with Crippen LogP contribution in [-0.2, 0) is 20.8 Å². The fourth-order valence-corrected chi connectivity index (χ4v) is 3.81. The monoisotopic (exact) mass is 450 g/mol. The lowest BCUT2D eigenvalue weighted by Gasteiger charge is -2.28. The van der Waals surface area contributed by atoms with Crippen LogP contribution >= 0.6 is 0 Å². The molecule has 2 N–H and O–H groups in total. The Hall–Kier alpha value is -3.12. The van der Waals surface area contributed by atoms with Crippen molar-refractivity contribution in [3.63, 3.8) is 0 Å². The number of benzene rings is 2. The molecule has 1 unspecified atom stereocenters. The molecule has 0 radical (unpaired) electrons. The summed E-state index contributed by atoms with van der Waals surface area (Å²) < 4.78 is 11.6. The topological polar surface area (TPSA) is 76.7 Å². The third kappa shape index (κ3) is 5.82. The van der Waals surface area contributed by atoms with Crippen LogP contribution in [0.3, 0.4) is 0 Å². The third-order valence-corrected chi connectivity index (χ3v) is 5.50. The van der Waals surface area contributed by atoms with Gasteiger partial charge in [0.15, 0.2) is 6.10 Å². The predicted octanol–water partition coefficient (Wildman–Crippen LogP) is 4.62. The highest BCUT2D eigenvalue weighted by Gasteiger charge is 2.28. The Morgan fingerprint density at radius 3 is 2.45 bits per heavy atom. The van der Waals surface area contributed by atoms with E-state index in [-0.39, 0.29) is 5.91 Å². The molecule has 1 amide bonds. The number of carbonyl (C=O) groups is 2. The van der Waals surface area contributed by atoms with E-state index in [0.717, 1.165) is 27.8 Å². The molecular formula is C27H34N2O4. The number of rotatable bonds is 6. The van der Waals surface area contributed by atoms with Gasteiger partial charge in [0, 0.05) is 24.2 Å². The highest BCUT2D eigenvalue weighted by atomic mass is 16.6. The van der Waals surface area contributed by atoms with Gasteiger partial charge in [-0.2, -0.15) is 0 Å². The molecule has 1 atom stereocenters. The van der Waals surface area contributed by atoms with E-state index in [1.165, 1.54) is 5.56 Å². The summed E-state index contributed by atoms with van der Waals surface area (Å²) in [7, 11) is 0. The maximum Gasteiger partial charge on any atom is 0.341 e. The standard InChI is InChI=1S/C27H34N2O4/c1-8-28-24(30)20-11-12-22-21(14-20)15-29-25(32-26(31)18(4)33-27(5,6)7)23(22)19-10-9-16(2)17(3)13-19/h9-14,18,29H,8,15H2,1-7H3,(H,28,30). The number of ether oxygens (including phenoxy) is 2. The molecule has 1 aliphatic rings. The molecule has 0 aliphatic carbocycles. The van der Waals surface area contributed by atoms with Gasteiger partial charge in [-0.25, -0.2) is 4.79 Å². The summed E-state index contributed by atoms with van der Waals surface area (Å²) in [5.74, 6) is -0.176. The van der Waals surface area contributed by atoms with Gasteiger partial charge in [0.1, 0.15) is 0 Å². The van der Waals surface area contributed by atoms with Crippen LogP contribution in [0.5, 0.6) is 0 Å². The van der Waals surface area contributed by atoms with Crippen LogP contribution in [0.1, 0.15) is 72.8 Å². The van der Waals surface area contributed by atoms with Gasteiger partial charge in [-0.1, -0.05) is 24.3 Å². The number of aryl methyl sites for hydroxylation is 2. The van der Waals surface area contributed by atoms with Crippen molar-refractivity contribution < 1.29 is 19.1 Å². The van der Waals surface area contributed by atoms with Gasteiger partial charge in [-0.3, -0.25) is 4.79 Å². The molecule has 0 saturated carbocycles. The van der Waals surface area contributed by atoms with E-state index in [4.69, 9.17) is 9.47 Å². The first-order chi connectivity index (χ1) is 15.5. The molecule has 0 bridgehead atoms. The number of nitrogens with one attached hydrogen (secondary N) is 2. The highest BCUT2D eigenvalue weighted by molar-refractivity contribution is 5.95. The molecule has 1 heterocycles. The van der Waals surface area contributed by atoms with Crippen molar-refractivity contribution in [2.45, 2.75) is 66.7 Å². The van der Waals surface area contributed by atoms with E-state index in [2.05, 4.69) is 36.6 Å². The normalized spacial score (nSPS) is 14.3. The summed E-state index contributed by atoms with van der Waals surface area (Å²) in [6.07, 6.45) is -0.721. The van der Waals surface area contributed by atoms with Crippen molar-refractivity contribution in [3.8, 4) is 0 Å². The van der Waals surface area contributed by atoms with Gasteiger partial charge in [-0.05, 0) is 88.4 Å². The number of hydrogen-bond donors (Lipinski definition) is 2. The van der Waals surface area contributed by atoms with Crippen molar-refractivity contribution in [1.82, 2.24) is 10.6 Å². The molecule has 0 aromatic heterocycles. The largest absolute Gasteiger partial charge is 0.407 e. The summed E-state index contributed by atoms with van der Waals surface area (Å²) in [5.41, 5.74) is 6.07. The SMILES string of the molecule is CCNC(=O)c1ccc2c(c1)CNC(OC(=O)C(C)OC(C)(C)C)=C2c1ccc(C)c(C)c1. The van der Waals surface area contributed by atoms with Crippen LogP contribution in [0.4, 0.5) is 0 Å². The average Bonchev–Trinajstić information content (AvgIpc) is 2.74. The maximum atomic E-state index is 12.8. The Bertz CT molecular complexity index is 1100. The molecule has 176 valence electrons. The smallest absolute Gasteiger partial charge is 0.341 e. The summed E-state index contributed by atoms with van der Waals surface area (Å²) in [5, 5.41) is 6.09. The van der Waals surface area contributed by atoms with Crippen molar-refractivity contribution >= 4 is 17.4 Å².